The molecule has 126 valence electrons. The standard InChI is InChI=1S/C18H21FN4O/c1-11(2)17-21-18(23(22-17)13-5-7-24-8-6-13)15-10-20-16-9-12(19)3-4-14(15)16/h3-4,9-11,13,20H,5-8H2,1-2H3. The Morgan fingerprint density at radius 1 is 1.29 bits per heavy atom. The van der Waals surface area contributed by atoms with Crippen LogP contribution < -0.4 is 0 Å². The number of nitrogens with one attached hydrogen (secondary N) is 1. The summed E-state index contributed by atoms with van der Waals surface area (Å²) >= 11 is 0. The first-order valence-electron chi connectivity index (χ1n) is 8.44. The largest absolute Gasteiger partial charge is 0.381 e. The van der Waals surface area contributed by atoms with Crippen molar-refractivity contribution in [1.82, 2.24) is 19.7 Å². The van der Waals surface area contributed by atoms with E-state index in [0.29, 0.717) is 6.04 Å². The van der Waals surface area contributed by atoms with Gasteiger partial charge in [-0.1, -0.05) is 13.8 Å². The molecule has 0 saturated carbocycles. The number of aromatic nitrogens is 4. The average molecular weight is 328 g/mol. The Kier molecular flexibility index (Phi) is 3.84. The van der Waals surface area contributed by atoms with Crippen molar-refractivity contribution in [2.75, 3.05) is 13.2 Å². The van der Waals surface area contributed by atoms with E-state index in [1.165, 1.54) is 12.1 Å². The molecule has 1 aliphatic rings. The molecule has 0 aliphatic carbocycles. The first-order valence-corrected chi connectivity index (χ1v) is 8.44. The second-order valence-corrected chi connectivity index (χ2v) is 6.63. The number of H-pyrrole nitrogens is 1. The van der Waals surface area contributed by atoms with Gasteiger partial charge in [-0.05, 0) is 31.0 Å². The zero-order valence-corrected chi connectivity index (χ0v) is 13.9. The molecule has 1 saturated heterocycles. The van der Waals surface area contributed by atoms with E-state index in [4.69, 9.17) is 14.8 Å². The van der Waals surface area contributed by atoms with Crippen LogP contribution in [0.1, 0.15) is 44.5 Å². The molecule has 1 aromatic carbocycles. The number of aromatic amines is 1. The van der Waals surface area contributed by atoms with Gasteiger partial charge in [0.2, 0.25) is 0 Å². The Morgan fingerprint density at radius 2 is 2.08 bits per heavy atom. The Hall–Kier alpha value is -2.21. The maximum Gasteiger partial charge on any atom is 0.160 e. The third-order valence-corrected chi connectivity index (χ3v) is 4.59. The van der Waals surface area contributed by atoms with Crippen LogP contribution >= 0.6 is 0 Å². The van der Waals surface area contributed by atoms with Gasteiger partial charge in [-0.3, -0.25) is 0 Å². The van der Waals surface area contributed by atoms with Gasteiger partial charge in [0.05, 0.1) is 6.04 Å². The van der Waals surface area contributed by atoms with E-state index in [-0.39, 0.29) is 11.7 Å². The van der Waals surface area contributed by atoms with Crippen molar-refractivity contribution in [1.29, 1.82) is 0 Å². The predicted molar refractivity (Wildman–Crippen MR) is 90.5 cm³/mol. The molecular weight excluding hydrogens is 307 g/mol. The number of hydrogen-bond acceptors (Lipinski definition) is 3. The van der Waals surface area contributed by atoms with Gasteiger partial charge in [0.25, 0.3) is 0 Å². The van der Waals surface area contributed by atoms with Crippen LogP contribution in [0, 0.1) is 5.82 Å². The fourth-order valence-electron chi connectivity index (χ4n) is 3.24. The SMILES string of the molecule is CC(C)c1nc(-c2c[nH]c3cc(F)ccc23)n(C2CCOCC2)n1. The highest BCUT2D eigenvalue weighted by Crippen LogP contribution is 2.32. The molecule has 3 aromatic rings. The number of hydrogen-bond donors (Lipinski definition) is 1. The van der Waals surface area contributed by atoms with Crippen molar-refractivity contribution < 1.29 is 9.13 Å². The van der Waals surface area contributed by atoms with Gasteiger partial charge in [-0.15, -0.1) is 0 Å². The van der Waals surface area contributed by atoms with E-state index in [2.05, 4.69) is 18.8 Å². The topological polar surface area (TPSA) is 55.7 Å². The summed E-state index contributed by atoms with van der Waals surface area (Å²) in [6, 6.07) is 5.09. The molecule has 0 unspecified atom stereocenters. The zero-order valence-electron chi connectivity index (χ0n) is 13.9. The van der Waals surface area contributed by atoms with Crippen LogP contribution in [0.5, 0.6) is 0 Å². The van der Waals surface area contributed by atoms with Gasteiger partial charge in [0, 0.05) is 41.8 Å². The Morgan fingerprint density at radius 3 is 2.83 bits per heavy atom. The maximum absolute atomic E-state index is 13.5. The van der Waals surface area contributed by atoms with Gasteiger partial charge >= 0.3 is 0 Å². The van der Waals surface area contributed by atoms with Gasteiger partial charge in [-0.2, -0.15) is 5.10 Å². The first kappa shape index (κ1) is 15.3. The molecule has 2 aromatic heterocycles. The molecule has 0 spiro atoms. The first-order chi connectivity index (χ1) is 11.6. The molecule has 3 heterocycles. The van der Waals surface area contributed by atoms with Crippen molar-refractivity contribution in [3.63, 3.8) is 0 Å². The van der Waals surface area contributed by atoms with E-state index in [9.17, 15) is 4.39 Å². The normalized spacial score (nSPS) is 16.3. The summed E-state index contributed by atoms with van der Waals surface area (Å²) in [5.41, 5.74) is 1.74. The van der Waals surface area contributed by atoms with Gasteiger partial charge in [-0.25, -0.2) is 14.1 Å². The summed E-state index contributed by atoms with van der Waals surface area (Å²) in [7, 11) is 0. The second-order valence-electron chi connectivity index (χ2n) is 6.63. The highest BCUT2D eigenvalue weighted by molar-refractivity contribution is 5.93. The van der Waals surface area contributed by atoms with Crippen molar-refractivity contribution in [3.05, 3.63) is 36.0 Å². The van der Waals surface area contributed by atoms with Crippen LogP contribution in [-0.2, 0) is 4.74 Å². The number of rotatable bonds is 3. The highest BCUT2D eigenvalue weighted by Gasteiger charge is 2.24. The number of halogens is 1. The van der Waals surface area contributed by atoms with Crippen LogP contribution in [0.3, 0.4) is 0 Å². The average Bonchev–Trinajstić information content (AvgIpc) is 3.19. The number of benzene rings is 1. The van der Waals surface area contributed by atoms with E-state index in [0.717, 1.165) is 54.2 Å². The molecule has 0 bridgehead atoms. The van der Waals surface area contributed by atoms with Crippen LogP contribution in [-0.4, -0.2) is 33.0 Å². The lowest BCUT2D eigenvalue weighted by Gasteiger charge is -2.23. The minimum absolute atomic E-state index is 0.246. The third-order valence-electron chi connectivity index (χ3n) is 4.59. The molecule has 1 fully saturated rings. The summed E-state index contributed by atoms with van der Waals surface area (Å²) in [6.07, 6.45) is 3.77. The Labute approximate surface area is 139 Å². The van der Waals surface area contributed by atoms with Gasteiger partial charge < -0.3 is 9.72 Å². The predicted octanol–water partition coefficient (Wildman–Crippen LogP) is 4.04. The van der Waals surface area contributed by atoms with Crippen LogP contribution in [0.25, 0.3) is 22.3 Å². The van der Waals surface area contributed by atoms with E-state index in [1.54, 1.807) is 6.07 Å². The second kappa shape index (κ2) is 6.02. The zero-order chi connectivity index (χ0) is 16.7. The molecule has 1 aliphatic heterocycles. The van der Waals surface area contributed by atoms with Crippen molar-refractivity contribution in [2.24, 2.45) is 0 Å². The third kappa shape index (κ3) is 2.60. The molecule has 1 N–H and O–H groups in total. The minimum atomic E-state index is -0.246. The summed E-state index contributed by atoms with van der Waals surface area (Å²) < 4.78 is 21.0. The lowest BCUT2D eigenvalue weighted by atomic mass is 10.1. The molecule has 5 nitrogen and oxygen atoms in total. The van der Waals surface area contributed by atoms with Crippen LogP contribution in [0.2, 0.25) is 0 Å². The lowest BCUT2D eigenvalue weighted by Crippen LogP contribution is -2.21. The van der Waals surface area contributed by atoms with E-state index in [1.807, 2.05) is 10.9 Å². The summed E-state index contributed by atoms with van der Waals surface area (Å²) in [6.45, 7) is 5.69. The van der Waals surface area contributed by atoms with Crippen molar-refractivity contribution in [3.8, 4) is 11.4 Å². The van der Waals surface area contributed by atoms with Crippen LogP contribution in [0.15, 0.2) is 24.4 Å². The van der Waals surface area contributed by atoms with Crippen LogP contribution in [0.4, 0.5) is 4.39 Å². The molecule has 0 atom stereocenters. The maximum atomic E-state index is 13.5. The number of fused-ring (bicyclic) bond motifs is 1. The van der Waals surface area contributed by atoms with Gasteiger partial charge in [0.15, 0.2) is 11.6 Å². The summed E-state index contributed by atoms with van der Waals surface area (Å²) in [4.78, 5) is 7.95. The van der Waals surface area contributed by atoms with E-state index < -0.39 is 0 Å². The fraction of sp³-hybridized carbons (Fsp3) is 0.444. The summed E-state index contributed by atoms with van der Waals surface area (Å²) in [5, 5.41) is 5.74. The highest BCUT2D eigenvalue weighted by atomic mass is 19.1. The molecule has 4 rings (SSSR count). The van der Waals surface area contributed by atoms with Gasteiger partial charge in [0.1, 0.15) is 5.82 Å². The Balaban J connectivity index is 1.85. The molecule has 0 radical (unpaired) electrons. The minimum Gasteiger partial charge on any atom is -0.381 e. The quantitative estimate of drug-likeness (QED) is 0.789. The molecular formula is C18H21FN4O. The number of ether oxygens (including phenoxy) is 1. The lowest BCUT2D eigenvalue weighted by molar-refractivity contribution is 0.0665. The number of nitrogens with zero attached hydrogens (tertiary/aromatic N) is 3. The van der Waals surface area contributed by atoms with Crippen molar-refractivity contribution in [2.45, 2.75) is 38.6 Å². The Bertz CT molecular complexity index is 861. The molecule has 24 heavy (non-hydrogen) atoms. The fourth-order valence-corrected chi connectivity index (χ4v) is 3.24. The monoisotopic (exact) mass is 328 g/mol. The molecule has 6 heteroatoms. The van der Waals surface area contributed by atoms with E-state index >= 15 is 0 Å². The smallest absolute Gasteiger partial charge is 0.160 e. The summed E-state index contributed by atoms with van der Waals surface area (Å²) in [5.74, 6) is 1.70. The molecule has 0 amide bonds. The van der Waals surface area contributed by atoms with Crippen molar-refractivity contribution >= 4 is 10.9 Å².